The first-order chi connectivity index (χ1) is 7.67. The van der Waals surface area contributed by atoms with Crippen LogP contribution in [-0.2, 0) is 6.42 Å². The van der Waals surface area contributed by atoms with Crippen molar-refractivity contribution in [1.82, 2.24) is 10.2 Å². The second kappa shape index (κ2) is 4.61. The third-order valence-electron chi connectivity index (χ3n) is 2.24. The molecular formula is C12H15N3S. The van der Waals surface area contributed by atoms with E-state index in [1.807, 2.05) is 0 Å². The average Bonchev–Trinajstić information content (AvgIpc) is 2.64. The van der Waals surface area contributed by atoms with Crippen molar-refractivity contribution in [2.75, 3.05) is 5.32 Å². The SMILES string of the molecule is CCc1nnc(Nc2cc(C)cc(C)c2)s1. The number of nitrogens with one attached hydrogen (secondary N) is 1. The number of benzene rings is 1. The van der Waals surface area contributed by atoms with Crippen LogP contribution in [0.4, 0.5) is 10.8 Å². The van der Waals surface area contributed by atoms with Crippen molar-refractivity contribution in [3.05, 3.63) is 34.3 Å². The molecule has 0 atom stereocenters. The van der Waals surface area contributed by atoms with Gasteiger partial charge in [0.2, 0.25) is 5.13 Å². The summed E-state index contributed by atoms with van der Waals surface area (Å²) in [6, 6.07) is 6.38. The van der Waals surface area contributed by atoms with E-state index in [-0.39, 0.29) is 0 Å². The van der Waals surface area contributed by atoms with Crippen molar-refractivity contribution < 1.29 is 0 Å². The smallest absolute Gasteiger partial charge is 0.210 e. The molecule has 16 heavy (non-hydrogen) atoms. The molecule has 0 unspecified atom stereocenters. The lowest BCUT2D eigenvalue weighted by molar-refractivity contribution is 0.986. The molecular weight excluding hydrogens is 218 g/mol. The zero-order valence-corrected chi connectivity index (χ0v) is 10.6. The van der Waals surface area contributed by atoms with Gasteiger partial charge in [0.15, 0.2) is 0 Å². The summed E-state index contributed by atoms with van der Waals surface area (Å²) in [5.74, 6) is 0. The summed E-state index contributed by atoms with van der Waals surface area (Å²) in [4.78, 5) is 0. The summed E-state index contributed by atoms with van der Waals surface area (Å²) in [5, 5.41) is 13.4. The maximum absolute atomic E-state index is 4.10. The molecule has 1 heterocycles. The lowest BCUT2D eigenvalue weighted by atomic mass is 10.1. The number of aryl methyl sites for hydroxylation is 3. The summed E-state index contributed by atoms with van der Waals surface area (Å²) in [7, 11) is 0. The number of anilines is 2. The minimum Gasteiger partial charge on any atom is -0.330 e. The van der Waals surface area contributed by atoms with Gasteiger partial charge in [-0.25, -0.2) is 0 Å². The van der Waals surface area contributed by atoms with Crippen molar-refractivity contribution >= 4 is 22.2 Å². The maximum Gasteiger partial charge on any atom is 0.210 e. The third-order valence-corrected chi connectivity index (χ3v) is 3.23. The minimum absolute atomic E-state index is 0.863. The second-order valence-electron chi connectivity index (χ2n) is 3.86. The van der Waals surface area contributed by atoms with Gasteiger partial charge in [-0.3, -0.25) is 0 Å². The standard InChI is InChI=1S/C12H15N3S/c1-4-11-14-15-12(16-11)13-10-6-8(2)5-9(3)7-10/h5-7H,4H2,1-3H3,(H,13,15). The molecule has 0 aliphatic carbocycles. The van der Waals surface area contributed by atoms with Gasteiger partial charge < -0.3 is 5.32 Å². The molecule has 4 heteroatoms. The van der Waals surface area contributed by atoms with E-state index in [1.54, 1.807) is 11.3 Å². The molecule has 84 valence electrons. The molecule has 0 aliphatic rings. The van der Waals surface area contributed by atoms with Gasteiger partial charge in [0.25, 0.3) is 0 Å². The first-order valence-electron chi connectivity index (χ1n) is 5.35. The third kappa shape index (κ3) is 2.58. The summed E-state index contributed by atoms with van der Waals surface area (Å²) >= 11 is 1.61. The summed E-state index contributed by atoms with van der Waals surface area (Å²) < 4.78 is 0. The Labute approximate surface area is 99.5 Å². The Morgan fingerprint density at radius 3 is 2.38 bits per heavy atom. The fourth-order valence-electron chi connectivity index (χ4n) is 1.62. The number of hydrogen-bond acceptors (Lipinski definition) is 4. The van der Waals surface area contributed by atoms with E-state index >= 15 is 0 Å². The van der Waals surface area contributed by atoms with E-state index in [9.17, 15) is 0 Å². The van der Waals surface area contributed by atoms with Crippen LogP contribution in [0.1, 0.15) is 23.1 Å². The van der Waals surface area contributed by atoms with Crippen molar-refractivity contribution in [2.45, 2.75) is 27.2 Å². The Hall–Kier alpha value is -1.42. The lowest BCUT2D eigenvalue weighted by Gasteiger charge is -2.04. The Kier molecular flexibility index (Phi) is 3.19. The van der Waals surface area contributed by atoms with Crippen molar-refractivity contribution in [3.63, 3.8) is 0 Å². The predicted molar refractivity (Wildman–Crippen MR) is 68.5 cm³/mol. The molecule has 0 fully saturated rings. The van der Waals surface area contributed by atoms with Crippen LogP contribution in [0.5, 0.6) is 0 Å². The molecule has 1 aromatic heterocycles. The highest BCUT2D eigenvalue weighted by molar-refractivity contribution is 7.15. The summed E-state index contributed by atoms with van der Waals surface area (Å²) in [6.45, 7) is 6.27. The van der Waals surface area contributed by atoms with Gasteiger partial charge >= 0.3 is 0 Å². The molecule has 0 saturated carbocycles. The maximum atomic E-state index is 4.10. The quantitative estimate of drug-likeness (QED) is 0.882. The molecule has 0 amide bonds. The van der Waals surface area contributed by atoms with E-state index in [2.05, 4.69) is 54.5 Å². The van der Waals surface area contributed by atoms with Gasteiger partial charge in [0.05, 0.1) is 0 Å². The number of aromatic nitrogens is 2. The Balaban J connectivity index is 2.19. The van der Waals surface area contributed by atoms with Crippen LogP contribution < -0.4 is 5.32 Å². The molecule has 0 spiro atoms. The van der Waals surface area contributed by atoms with Gasteiger partial charge in [-0.1, -0.05) is 24.3 Å². The largest absolute Gasteiger partial charge is 0.330 e. The van der Waals surface area contributed by atoms with Gasteiger partial charge in [-0.05, 0) is 43.5 Å². The van der Waals surface area contributed by atoms with Crippen molar-refractivity contribution in [3.8, 4) is 0 Å². The molecule has 0 bridgehead atoms. The topological polar surface area (TPSA) is 37.8 Å². The van der Waals surface area contributed by atoms with E-state index in [4.69, 9.17) is 0 Å². The Morgan fingerprint density at radius 1 is 1.12 bits per heavy atom. The summed E-state index contributed by atoms with van der Waals surface area (Å²) in [5.41, 5.74) is 3.58. The average molecular weight is 233 g/mol. The summed E-state index contributed by atoms with van der Waals surface area (Å²) in [6.07, 6.45) is 0.937. The molecule has 3 nitrogen and oxygen atoms in total. The highest BCUT2D eigenvalue weighted by atomic mass is 32.1. The Morgan fingerprint density at radius 2 is 1.81 bits per heavy atom. The normalized spacial score (nSPS) is 10.4. The Bertz CT molecular complexity index is 471. The van der Waals surface area contributed by atoms with E-state index in [1.165, 1.54) is 11.1 Å². The van der Waals surface area contributed by atoms with Crippen LogP contribution in [-0.4, -0.2) is 10.2 Å². The van der Waals surface area contributed by atoms with Gasteiger partial charge in [0, 0.05) is 5.69 Å². The highest BCUT2D eigenvalue weighted by Gasteiger charge is 2.03. The van der Waals surface area contributed by atoms with E-state index in [0.717, 1.165) is 22.2 Å². The van der Waals surface area contributed by atoms with E-state index < -0.39 is 0 Å². The van der Waals surface area contributed by atoms with Crippen LogP contribution in [0.15, 0.2) is 18.2 Å². The van der Waals surface area contributed by atoms with Gasteiger partial charge in [0.1, 0.15) is 5.01 Å². The van der Waals surface area contributed by atoms with Crippen molar-refractivity contribution in [2.24, 2.45) is 0 Å². The van der Waals surface area contributed by atoms with Crippen LogP contribution in [0.25, 0.3) is 0 Å². The monoisotopic (exact) mass is 233 g/mol. The predicted octanol–water partition coefficient (Wildman–Crippen LogP) is 3.46. The second-order valence-corrected chi connectivity index (χ2v) is 4.92. The number of hydrogen-bond donors (Lipinski definition) is 1. The molecule has 2 aromatic rings. The molecule has 0 aliphatic heterocycles. The van der Waals surface area contributed by atoms with Gasteiger partial charge in [-0.15, -0.1) is 10.2 Å². The molecule has 1 N–H and O–H groups in total. The van der Waals surface area contributed by atoms with Crippen molar-refractivity contribution in [1.29, 1.82) is 0 Å². The van der Waals surface area contributed by atoms with Crippen LogP contribution in [0.2, 0.25) is 0 Å². The fourth-order valence-corrected chi connectivity index (χ4v) is 2.32. The molecule has 0 radical (unpaired) electrons. The van der Waals surface area contributed by atoms with Crippen LogP contribution >= 0.6 is 11.3 Å². The first-order valence-corrected chi connectivity index (χ1v) is 6.16. The number of rotatable bonds is 3. The molecule has 0 saturated heterocycles. The van der Waals surface area contributed by atoms with E-state index in [0.29, 0.717) is 0 Å². The van der Waals surface area contributed by atoms with Crippen LogP contribution in [0, 0.1) is 13.8 Å². The number of nitrogens with zero attached hydrogens (tertiary/aromatic N) is 2. The first kappa shape index (κ1) is 11.1. The fraction of sp³-hybridized carbons (Fsp3) is 0.333. The zero-order valence-electron chi connectivity index (χ0n) is 9.74. The van der Waals surface area contributed by atoms with Crippen LogP contribution in [0.3, 0.4) is 0 Å². The van der Waals surface area contributed by atoms with Gasteiger partial charge in [-0.2, -0.15) is 0 Å². The molecule has 1 aromatic carbocycles. The minimum atomic E-state index is 0.863. The zero-order chi connectivity index (χ0) is 11.5. The lowest BCUT2D eigenvalue weighted by Crippen LogP contribution is -1.91. The molecule has 2 rings (SSSR count). The highest BCUT2D eigenvalue weighted by Crippen LogP contribution is 2.22.